The Morgan fingerprint density at radius 1 is 0.132 bits per heavy atom. The second kappa shape index (κ2) is 38.2. The molecule has 0 saturated heterocycles. The number of hydrogen-bond donors (Lipinski definition) is 0. The maximum atomic E-state index is 4.81. The summed E-state index contributed by atoms with van der Waals surface area (Å²) in [5.74, 6) is 0. The van der Waals surface area contributed by atoms with Crippen LogP contribution in [0, 0.1) is 0 Å². The summed E-state index contributed by atoms with van der Waals surface area (Å²) in [6, 6.07) is 192. The molecule has 0 amide bonds. The highest BCUT2D eigenvalue weighted by atomic mass is 15.2. The summed E-state index contributed by atoms with van der Waals surface area (Å²) in [6.07, 6.45) is 7.50. The van der Waals surface area contributed by atoms with Crippen LogP contribution in [0.15, 0.2) is 559 Å². The molecule has 0 N–H and O–H groups in total. The van der Waals surface area contributed by atoms with Crippen LogP contribution in [0.3, 0.4) is 0 Å². The van der Waals surface area contributed by atoms with Crippen LogP contribution in [0.2, 0.25) is 0 Å². The van der Waals surface area contributed by atoms with Crippen LogP contribution in [0.1, 0.15) is 0 Å². The van der Waals surface area contributed by atoms with Gasteiger partial charge in [-0.15, -0.1) is 0 Å². The molecule has 0 fully saturated rings. The molecule has 676 valence electrons. The monoisotopic (exact) mass is 1840 g/mol. The average Bonchev–Trinajstić information content (AvgIpc) is 0.711. The minimum Gasteiger partial charge on any atom is -0.311 e. The predicted molar refractivity (Wildman–Crippen MR) is 606 cm³/mol. The minimum absolute atomic E-state index is 0.966. The van der Waals surface area contributed by atoms with Crippen LogP contribution in [0.25, 0.3) is 176 Å². The van der Waals surface area contributed by atoms with E-state index in [0.717, 1.165) is 189 Å². The highest BCUT2D eigenvalue weighted by molar-refractivity contribution is 6.28. The van der Waals surface area contributed by atoms with E-state index in [1.54, 1.807) is 0 Å². The van der Waals surface area contributed by atoms with E-state index in [1.165, 1.54) is 54.7 Å². The zero-order valence-electron chi connectivity index (χ0n) is 78.7. The van der Waals surface area contributed by atoms with Gasteiger partial charge in [0.25, 0.3) is 0 Å². The molecule has 0 radical (unpaired) electrons. The third-order valence-corrected chi connectivity index (χ3v) is 27.8. The standard InChI is InChI=1S/2C68H46N4/c1-4-21-51(22-5-1)71(52-23-6-2-7-24-52)54-39-41-55(42-40-54)72(53-25-8-3-9-26-53)65-34-16-33-62-66(58-29-12-10-27-56(58)49-37-35-47-19-17-43-69-63(47)45-49)60-31-14-15-32-61(60)67(68(62)65)59-30-13-11-28-57(59)50-38-36-48-20-18-44-70-64(48)46-50;1-4-20-51(21-5-1)71(52-22-6-2-7-23-52)54-36-38-55(39-37-54)72(53-24-8-3-9-25-53)56-40-41-63-64(46-56)68(60-29-13-11-27-58(60)50-35-33-48-19-17-43-70-66(48)45-50)62-31-15-14-30-61(62)67(63)59-28-12-10-26-57(59)49-34-32-47-18-16-42-69-65(47)44-49/h2*1-46H. The van der Waals surface area contributed by atoms with E-state index in [9.17, 15) is 0 Å². The van der Waals surface area contributed by atoms with E-state index in [0.29, 0.717) is 0 Å². The molecule has 26 aromatic rings. The Morgan fingerprint density at radius 2 is 0.361 bits per heavy atom. The summed E-state index contributed by atoms with van der Waals surface area (Å²) in [5.41, 5.74) is 35.1. The van der Waals surface area contributed by atoms with Crippen LogP contribution in [-0.2, 0) is 0 Å². The molecule has 8 heteroatoms. The second-order valence-corrected chi connectivity index (χ2v) is 36.2. The third kappa shape index (κ3) is 16.3. The molecule has 22 aromatic carbocycles. The zero-order valence-corrected chi connectivity index (χ0v) is 78.7. The van der Waals surface area contributed by atoms with E-state index < -0.39 is 0 Å². The topological polar surface area (TPSA) is 64.5 Å². The summed E-state index contributed by atoms with van der Waals surface area (Å²) in [7, 11) is 0. The summed E-state index contributed by atoms with van der Waals surface area (Å²) in [4.78, 5) is 28.6. The van der Waals surface area contributed by atoms with Crippen molar-refractivity contribution in [3.8, 4) is 89.0 Å². The number of fused-ring (bicyclic) bond motifs is 8. The fourth-order valence-corrected chi connectivity index (χ4v) is 21.3. The number of benzene rings is 22. The lowest BCUT2D eigenvalue weighted by Gasteiger charge is -2.30. The maximum Gasteiger partial charge on any atom is 0.0708 e. The van der Waals surface area contributed by atoms with Crippen molar-refractivity contribution >= 4 is 155 Å². The van der Waals surface area contributed by atoms with Gasteiger partial charge in [0.1, 0.15) is 0 Å². The van der Waals surface area contributed by atoms with Crippen molar-refractivity contribution in [2.45, 2.75) is 0 Å². The molecule has 144 heavy (non-hydrogen) atoms. The van der Waals surface area contributed by atoms with Crippen LogP contribution < -0.4 is 19.6 Å². The van der Waals surface area contributed by atoms with Gasteiger partial charge in [-0.3, -0.25) is 19.9 Å². The molecule has 0 bridgehead atoms. The van der Waals surface area contributed by atoms with Crippen molar-refractivity contribution in [3.63, 3.8) is 0 Å². The molecule has 4 aromatic heterocycles. The smallest absolute Gasteiger partial charge is 0.0708 e. The number of aromatic nitrogens is 4. The average molecular weight is 1840 g/mol. The quantitative estimate of drug-likeness (QED) is 0.0700. The van der Waals surface area contributed by atoms with Gasteiger partial charge in [-0.05, 0) is 309 Å². The van der Waals surface area contributed by atoms with Crippen molar-refractivity contribution in [2.24, 2.45) is 0 Å². The summed E-state index contributed by atoms with van der Waals surface area (Å²) in [5, 5.41) is 13.8. The van der Waals surface area contributed by atoms with E-state index in [1.807, 2.05) is 49.1 Å². The van der Waals surface area contributed by atoms with Crippen LogP contribution in [0.4, 0.5) is 68.2 Å². The number of para-hydroxylation sites is 6. The molecule has 0 aliphatic rings. The Kier molecular flexibility index (Phi) is 22.9. The number of pyridine rings is 4. The third-order valence-electron chi connectivity index (χ3n) is 27.8. The van der Waals surface area contributed by atoms with Gasteiger partial charge in [0.2, 0.25) is 0 Å². The normalized spacial score (nSPS) is 11.3. The maximum absolute atomic E-state index is 4.81. The van der Waals surface area contributed by atoms with Crippen LogP contribution in [0.5, 0.6) is 0 Å². The second-order valence-electron chi connectivity index (χ2n) is 36.2. The summed E-state index contributed by atoms with van der Waals surface area (Å²) < 4.78 is 0. The van der Waals surface area contributed by atoms with Gasteiger partial charge in [0, 0.05) is 120 Å². The number of nitrogens with zero attached hydrogens (tertiary/aromatic N) is 8. The molecular weight excluding hydrogens is 1750 g/mol. The lowest BCUT2D eigenvalue weighted by Crippen LogP contribution is -2.12. The number of rotatable bonds is 20. The molecule has 0 unspecified atom stereocenters. The molecule has 0 aliphatic carbocycles. The van der Waals surface area contributed by atoms with Gasteiger partial charge in [-0.1, -0.05) is 346 Å². The molecule has 8 nitrogen and oxygen atoms in total. The van der Waals surface area contributed by atoms with Gasteiger partial charge in [0.15, 0.2) is 0 Å². The van der Waals surface area contributed by atoms with Crippen molar-refractivity contribution in [2.75, 3.05) is 19.6 Å². The van der Waals surface area contributed by atoms with Crippen molar-refractivity contribution in [1.29, 1.82) is 0 Å². The van der Waals surface area contributed by atoms with Crippen LogP contribution in [-0.4, -0.2) is 19.9 Å². The highest BCUT2D eigenvalue weighted by Gasteiger charge is 2.30. The van der Waals surface area contributed by atoms with E-state index in [2.05, 4.69) is 529 Å². The molecular formula is C136H92N8. The summed E-state index contributed by atoms with van der Waals surface area (Å²) >= 11 is 0. The Morgan fingerprint density at radius 3 is 0.688 bits per heavy atom. The van der Waals surface area contributed by atoms with Gasteiger partial charge in [-0.2, -0.15) is 0 Å². The van der Waals surface area contributed by atoms with Gasteiger partial charge in [0.05, 0.1) is 27.8 Å². The Labute approximate surface area is 836 Å². The van der Waals surface area contributed by atoms with Gasteiger partial charge >= 0.3 is 0 Å². The fourth-order valence-electron chi connectivity index (χ4n) is 21.3. The van der Waals surface area contributed by atoms with E-state index >= 15 is 0 Å². The van der Waals surface area contributed by atoms with E-state index in [4.69, 9.17) is 19.9 Å². The van der Waals surface area contributed by atoms with Crippen molar-refractivity contribution in [3.05, 3.63) is 559 Å². The number of anilines is 12. The van der Waals surface area contributed by atoms with Gasteiger partial charge < -0.3 is 19.6 Å². The first-order valence-electron chi connectivity index (χ1n) is 48.9. The molecule has 0 aliphatic heterocycles. The molecule has 4 heterocycles. The molecule has 0 saturated carbocycles. The molecule has 0 spiro atoms. The Bertz CT molecular complexity index is 9050. The zero-order chi connectivity index (χ0) is 95.6. The van der Waals surface area contributed by atoms with Crippen molar-refractivity contribution in [1.82, 2.24) is 19.9 Å². The highest BCUT2D eigenvalue weighted by Crippen LogP contribution is 2.56. The largest absolute Gasteiger partial charge is 0.311 e. The fraction of sp³-hybridized carbons (Fsp3) is 0. The first-order chi connectivity index (χ1) is 71.5. The predicted octanol–water partition coefficient (Wildman–Crippen LogP) is 37.4. The first kappa shape index (κ1) is 86.3. The van der Waals surface area contributed by atoms with E-state index in [-0.39, 0.29) is 0 Å². The lowest BCUT2D eigenvalue weighted by molar-refractivity contribution is 1.26. The lowest BCUT2D eigenvalue weighted by atomic mass is 9.81. The molecule has 0 atom stereocenters. The van der Waals surface area contributed by atoms with Gasteiger partial charge in [-0.25, -0.2) is 0 Å². The number of hydrogen-bond acceptors (Lipinski definition) is 8. The molecule has 26 rings (SSSR count). The Balaban J connectivity index is 0.000000151. The Hall–Kier alpha value is -19.3. The minimum atomic E-state index is 0.966. The van der Waals surface area contributed by atoms with Crippen molar-refractivity contribution < 1.29 is 0 Å². The van der Waals surface area contributed by atoms with Crippen LogP contribution >= 0.6 is 0 Å². The first-order valence-corrected chi connectivity index (χ1v) is 48.9. The SMILES string of the molecule is c1ccc(N(c2ccccc2)c2ccc(N(c3ccccc3)c3ccc4c(-c5ccccc5-c5ccc6cccnc6c5)c5ccccc5c(-c5ccccc5-c5ccc6cccnc6c5)c4c3)cc2)cc1.c1ccc(N(c2ccccc2)c2ccc(N(c3ccccc3)c3cccc4c(-c5ccccc5-c5ccc6cccnc6c5)c5ccccc5c(-c5ccccc5-c5ccc6cccnc6c5)c34)cc2)cc1. The summed E-state index contributed by atoms with van der Waals surface area (Å²) in [6.45, 7) is 0.